The van der Waals surface area contributed by atoms with Crippen LogP contribution < -0.4 is 0 Å². The molecule has 0 fully saturated rings. The van der Waals surface area contributed by atoms with Crippen molar-refractivity contribution in [2.75, 3.05) is 6.61 Å². The molecule has 0 bridgehead atoms. The molecule has 0 aliphatic carbocycles. The molecule has 8 heavy (non-hydrogen) atoms. The minimum absolute atomic E-state index is 0.346. The van der Waals surface area contributed by atoms with Gasteiger partial charge in [0.1, 0.15) is 0 Å². The van der Waals surface area contributed by atoms with E-state index in [0.29, 0.717) is 11.0 Å². The third-order valence-corrected chi connectivity index (χ3v) is 0.970. The number of unbranched alkanes of at least 4 members (excludes halogenated alkanes) is 1. The molecule has 0 heterocycles. The number of hydrogen-bond acceptors (Lipinski definition) is 2. The van der Waals surface area contributed by atoms with Crippen LogP contribution in [0.4, 0.5) is 0 Å². The van der Waals surface area contributed by atoms with E-state index in [1.165, 1.54) is 0 Å². The summed E-state index contributed by atoms with van der Waals surface area (Å²) in [4.78, 5) is 0. The molecule has 0 saturated heterocycles. The smallest absolute Gasteiger partial charge is 0.216 e. The molecular formula is C5H10OS2. The Bertz CT molecular complexity index is 72.8. The van der Waals surface area contributed by atoms with Crippen LogP contribution in [0.25, 0.3) is 0 Å². The van der Waals surface area contributed by atoms with E-state index >= 15 is 0 Å². The van der Waals surface area contributed by atoms with Crippen LogP contribution in [0.3, 0.4) is 0 Å². The zero-order chi connectivity index (χ0) is 6.41. The highest BCUT2D eigenvalue weighted by atomic mass is 32.1. The molecule has 0 N–H and O–H groups in total. The predicted octanol–water partition coefficient (Wildman–Crippen LogP) is 2.02. The number of ether oxygens (including phenoxy) is 1. The minimum Gasteiger partial charge on any atom is -0.479 e. The summed E-state index contributed by atoms with van der Waals surface area (Å²) >= 11 is 8.33. The van der Waals surface area contributed by atoms with Gasteiger partial charge in [-0.3, -0.25) is 0 Å². The molecule has 1 nitrogen and oxygen atoms in total. The summed E-state index contributed by atoms with van der Waals surface area (Å²) in [5.41, 5.74) is 0. The van der Waals surface area contributed by atoms with E-state index in [9.17, 15) is 0 Å². The maximum atomic E-state index is 4.88. The van der Waals surface area contributed by atoms with Gasteiger partial charge in [0.05, 0.1) is 6.61 Å². The largest absolute Gasteiger partial charge is 0.479 e. The molecule has 0 atom stereocenters. The summed E-state index contributed by atoms with van der Waals surface area (Å²) < 4.78 is 5.22. The second kappa shape index (κ2) is 5.38. The molecule has 3 heteroatoms. The monoisotopic (exact) mass is 150 g/mol. The zero-order valence-corrected chi connectivity index (χ0v) is 6.60. The predicted molar refractivity (Wildman–Crippen MR) is 42.4 cm³/mol. The Morgan fingerprint density at radius 2 is 2.38 bits per heavy atom. The maximum Gasteiger partial charge on any atom is 0.216 e. The van der Waals surface area contributed by atoms with Crippen LogP contribution in [0.1, 0.15) is 19.8 Å². The minimum atomic E-state index is 0.346. The van der Waals surface area contributed by atoms with Gasteiger partial charge in [-0.05, 0) is 18.6 Å². The molecule has 48 valence electrons. The lowest BCUT2D eigenvalue weighted by Crippen LogP contribution is -1.94. The van der Waals surface area contributed by atoms with E-state index in [4.69, 9.17) is 4.74 Å². The summed E-state index contributed by atoms with van der Waals surface area (Å²) in [5.74, 6) is 0. The molecule has 0 aromatic carbocycles. The number of thiocarbonyl (C=S) groups is 1. The Morgan fingerprint density at radius 3 is 2.75 bits per heavy atom. The van der Waals surface area contributed by atoms with Gasteiger partial charge in [0, 0.05) is 0 Å². The second-order valence-corrected chi connectivity index (χ2v) is 2.55. The summed E-state index contributed by atoms with van der Waals surface area (Å²) in [6.45, 7) is 2.81. The molecule has 0 unspecified atom stereocenters. The standard InChI is InChI=1S/C5H10OS2/c1-2-3-4-6-5(7)8/h2-4H2,1H3,(H,7,8). The fourth-order valence-electron chi connectivity index (χ4n) is 0.304. The van der Waals surface area contributed by atoms with Crippen molar-refractivity contribution in [3.05, 3.63) is 0 Å². The van der Waals surface area contributed by atoms with Crippen molar-refractivity contribution in [2.45, 2.75) is 19.8 Å². The van der Waals surface area contributed by atoms with Gasteiger partial charge in [-0.2, -0.15) is 0 Å². The van der Waals surface area contributed by atoms with Crippen LogP contribution in [0.2, 0.25) is 0 Å². The van der Waals surface area contributed by atoms with E-state index in [-0.39, 0.29) is 0 Å². The molecule has 0 rings (SSSR count). The topological polar surface area (TPSA) is 9.23 Å². The maximum absolute atomic E-state index is 4.88. The first kappa shape index (κ1) is 8.24. The number of thiol groups is 1. The fourth-order valence-corrected chi connectivity index (χ4v) is 0.478. The van der Waals surface area contributed by atoms with E-state index in [1.807, 2.05) is 0 Å². The molecule has 0 amide bonds. The van der Waals surface area contributed by atoms with Gasteiger partial charge in [-0.1, -0.05) is 26.0 Å². The van der Waals surface area contributed by atoms with Gasteiger partial charge in [0.2, 0.25) is 4.38 Å². The van der Waals surface area contributed by atoms with E-state index in [0.717, 1.165) is 12.8 Å². The van der Waals surface area contributed by atoms with Crippen molar-refractivity contribution in [1.82, 2.24) is 0 Å². The van der Waals surface area contributed by atoms with Gasteiger partial charge >= 0.3 is 0 Å². The first-order valence-electron chi connectivity index (χ1n) is 2.63. The van der Waals surface area contributed by atoms with E-state index in [2.05, 4.69) is 31.8 Å². The average Bonchev–Trinajstić information content (AvgIpc) is 1.66. The van der Waals surface area contributed by atoms with Gasteiger partial charge in [-0.25, -0.2) is 0 Å². The fraction of sp³-hybridized carbons (Fsp3) is 0.800. The zero-order valence-electron chi connectivity index (χ0n) is 4.89. The van der Waals surface area contributed by atoms with Crippen molar-refractivity contribution in [3.8, 4) is 0 Å². The molecule has 0 saturated carbocycles. The number of hydrogen-bond donors (Lipinski definition) is 1. The summed E-state index contributed by atoms with van der Waals surface area (Å²) in [5, 5.41) is 0. The Balaban J connectivity index is 2.82. The van der Waals surface area contributed by atoms with E-state index in [1.54, 1.807) is 0 Å². The van der Waals surface area contributed by atoms with Crippen LogP contribution in [0, 0.1) is 0 Å². The van der Waals surface area contributed by atoms with Gasteiger partial charge < -0.3 is 4.74 Å². The van der Waals surface area contributed by atoms with Crippen molar-refractivity contribution >= 4 is 29.2 Å². The highest BCUT2D eigenvalue weighted by Gasteiger charge is 1.85. The van der Waals surface area contributed by atoms with Crippen LogP contribution in [0.15, 0.2) is 0 Å². The highest BCUT2D eigenvalue weighted by Crippen LogP contribution is 1.91. The highest BCUT2D eigenvalue weighted by molar-refractivity contribution is 8.10. The van der Waals surface area contributed by atoms with E-state index < -0.39 is 0 Å². The lowest BCUT2D eigenvalue weighted by Gasteiger charge is -1.98. The molecule has 0 aromatic rings. The van der Waals surface area contributed by atoms with Crippen molar-refractivity contribution in [3.63, 3.8) is 0 Å². The summed E-state index contributed by atoms with van der Waals surface area (Å²) in [6, 6.07) is 0. The third kappa shape index (κ3) is 6.24. The van der Waals surface area contributed by atoms with Crippen molar-refractivity contribution in [2.24, 2.45) is 0 Å². The van der Waals surface area contributed by atoms with Crippen molar-refractivity contribution < 1.29 is 4.74 Å². The first-order chi connectivity index (χ1) is 3.77. The van der Waals surface area contributed by atoms with Gasteiger partial charge in [0.15, 0.2) is 0 Å². The lowest BCUT2D eigenvalue weighted by molar-refractivity contribution is 0.313. The lowest BCUT2D eigenvalue weighted by atomic mass is 10.4. The van der Waals surface area contributed by atoms with Crippen LogP contribution in [-0.4, -0.2) is 11.0 Å². The molecule has 0 aliphatic rings. The quantitative estimate of drug-likeness (QED) is 0.374. The number of rotatable bonds is 3. The molecule has 0 radical (unpaired) electrons. The Morgan fingerprint density at radius 1 is 1.75 bits per heavy atom. The van der Waals surface area contributed by atoms with Gasteiger partial charge in [-0.15, -0.1) is 0 Å². The van der Waals surface area contributed by atoms with Crippen LogP contribution in [-0.2, 0) is 4.74 Å². The molecule has 0 aromatic heterocycles. The normalized spacial score (nSPS) is 8.75. The SMILES string of the molecule is CCCCOC(=S)S. The van der Waals surface area contributed by atoms with Crippen LogP contribution in [0.5, 0.6) is 0 Å². The summed E-state index contributed by atoms with van der Waals surface area (Å²) in [6.07, 6.45) is 2.19. The Labute approximate surface area is 60.8 Å². The Kier molecular flexibility index (Phi) is 5.54. The Hall–Kier alpha value is 0.240. The molecule has 0 aliphatic heterocycles. The average molecular weight is 150 g/mol. The third-order valence-electron chi connectivity index (χ3n) is 0.723. The first-order valence-corrected chi connectivity index (χ1v) is 3.48. The molecular weight excluding hydrogens is 140 g/mol. The summed E-state index contributed by atoms with van der Waals surface area (Å²) in [7, 11) is 0. The van der Waals surface area contributed by atoms with Gasteiger partial charge in [0.25, 0.3) is 0 Å². The van der Waals surface area contributed by atoms with Crippen molar-refractivity contribution in [1.29, 1.82) is 0 Å². The van der Waals surface area contributed by atoms with Crippen LogP contribution >= 0.6 is 24.8 Å². The second-order valence-electron chi connectivity index (χ2n) is 1.47. The molecule has 0 spiro atoms.